The number of ether oxygens (including phenoxy) is 1. The molecule has 0 aliphatic heterocycles. The highest BCUT2D eigenvalue weighted by molar-refractivity contribution is 6.06. The summed E-state index contributed by atoms with van der Waals surface area (Å²) in [4.78, 5) is 12.1. The SMILES string of the molecule is COc1ccc(C(=O)/C=C/c2cc(C)c(O)c(C)c2)cc1F. The maximum absolute atomic E-state index is 13.6. The summed E-state index contributed by atoms with van der Waals surface area (Å²) in [6.07, 6.45) is 3.02. The number of rotatable bonds is 4. The zero-order valence-corrected chi connectivity index (χ0v) is 12.7. The van der Waals surface area contributed by atoms with Gasteiger partial charge in [-0.1, -0.05) is 6.08 Å². The molecule has 2 aromatic rings. The Balaban J connectivity index is 2.23. The van der Waals surface area contributed by atoms with Gasteiger partial charge < -0.3 is 9.84 Å². The van der Waals surface area contributed by atoms with E-state index in [4.69, 9.17) is 4.74 Å². The fraction of sp³-hybridized carbons (Fsp3) is 0.167. The molecule has 0 saturated carbocycles. The van der Waals surface area contributed by atoms with Gasteiger partial charge in [0.1, 0.15) is 5.75 Å². The number of methoxy groups -OCH3 is 1. The van der Waals surface area contributed by atoms with Crippen LogP contribution in [-0.2, 0) is 0 Å². The fourth-order valence-corrected chi connectivity index (χ4v) is 2.17. The van der Waals surface area contributed by atoms with E-state index in [2.05, 4.69) is 0 Å². The molecule has 1 N–H and O–H groups in total. The molecule has 2 aromatic carbocycles. The molecule has 0 amide bonds. The number of aryl methyl sites for hydroxylation is 2. The zero-order valence-electron chi connectivity index (χ0n) is 12.7. The number of ketones is 1. The lowest BCUT2D eigenvalue weighted by atomic mass is 10.0. The number of benzene rings is 2. The van der Waals surface area contributed by atoms with Crippen LogP contribution in [0, 0.1) is 19.7 Å². The monoisotopic (exact) mass is 300 g/mol. The average Bonchev–Trinajstić information content (AvgIpc) is 2.49. The summed E-state index contributed by atoms with van der Waals surface area (Å²) >= 11 is 0. The van der Waals surface area contributed by atoms with Crippen molar-refractivity contribution in [1.82, 2.24) is 0 Å². The number of phenolic OH excluding ortho intramolecular Hbond substituents is 1. The minimum Gasteiger partial charge on any atom is -0.507 e. The normalized spacial score (nSPS) is 10.9. The second-order valence-electron chi connectivity index (χ2n) is 5.05. The Hall–Kier alpha value is -2.62. The summed E-state index contributed by atoms with van der Waals surface area (Å²) in [5.74, 6) is -0.519. The van der Waals surface area contributed by atoms with E-state index in [0.717, 1.165) is 22.8 Å². The van der Waals surface area contributed by atoms with Crippen LogP contribution in [0.15, 0.2) is 36.4 Å². The van der Waals surface area contributed by atoms with E-state index in [9.17, 15) is 14.3 Å². The molecule has 0 saturated heterocycles. The van der Waals surface area contributed by atoms with Gasteiger partial charge in [-0.05, 0) is 66.9 Å². The molecule has 0 aromatic heterocycles. The van der Waals surface area contributed by atoms with Gasteiger partial charge in [0.2, 0.25) is 0 Å². The molecule has 0 spiro atoms. The van der Waals surface area contributed by atoms with Crippen molar-refractivity contribution in [2.75, 3.05) is 7.11 Å². The van der Waals surface area contributed by atoms with Crippen molar-refractivity contribution in [1.29, 1.82) is 0 Å². The van der Waals surface area contributed by atoms with Gasteiger partial charge in [0.25, 0.3) is 0 Å². The Labute approximate surface area is 128 Å². The molecule has 2 rings (SSSR count). The Morgan fingerprint density at radius 1 is 1.18 bits per heavy atom. The highest BCUT2D eigenvalue weighted by Gasteiger charge is 2.08. The van der Waals surface area contributed by atoms with Crippen LogP contribution in [0.1, 0.15) is 27.0 Å². The maximum atomic E-state index is 13.6. The smallest absolute Gasteiger partial charge is 0.185 e. The summed E-state index contributed by atoms with van der Waals surface area (Å²) in [6, 6.07) is 7.65. The van der Waals surface area contributed by atoms with E-state index in [1.807, 2.05) is 0 Å². The summed E-state index contributed by atoms with van der Waals surface area (Å²) in [5.41, 5.74) is 2.53. The van der Waals surface area contributed by atoms with Crippen molar-refractivity contribution in [2.24, 2.45) is 0 Å². The molecule has 0 bridgehead atoms. The highest BCUT2D eigenvalue weighted by atomic mass is 19.1. The minimum absolute atomic E-state index is 0.102. The van der Waals surface area contributed by atoms with E-state index in [1.165, 1.54) is 25.3 Å². The van der Waals surface area contributed by atoms with Crippen molar-refractivity contribution in [3.63, 3.8) is 0 Å². The van der Waals surface area contributed by atoms with Gasteiger partial charge in [0.15, 0.2) is 17.3 Å². The third kappa shape index (κ3) is 3.34. The Kier molecular flexibility index (Phi) is 4.61. The Morgan fingerprint density at radius 3 is 2.36 bits per heavy atom. The van der Waals surface area contributed by atoms with Crippen LogP contribution in [-0.4, -0.2) is 18.0 Å². The lowest BCUT2D eigenvalue weighted by Gasteiger charge is -2.05. The number of carbonyl (C=O) groups is 1. The first kappa shape index (κ1) is 15.8. The van der Waals surface area contributed by atoms with Crippen LogP contribution in [0.3, 0.4) is 0 Å². The first-order valence-corrected chi connectivity index (χ1v) is 6.78. The van der Waals surface area contributed by atoms with E-state index < -0.39 is 5.82 Å². The van der Waals surface area contributed by atoms with Gasteiger partial charge in [0.05, 0.1) is 7.11 Å². The van der Waals surface area contributed by atoms with Crippen molar-refractivity contribution in [2.45, 2.75) is 13.8 Å². The molecular formula is C18H17FO3. The summed E-state index contributed by atoms with van der Waals surface area (Å²) in [6.45, 7) is 3.58. The third-order valence-electron chi connectivity index (χ3n) is 3.38. The second kappa shape index (κ2) is 6.43. The summed E-state index contributed by atoms with van der Waals surface area (Å²) in [7, 11) is 1.37. The standard InChI is InChI=1S/C18H17FO3/c1-11-8-13(9-12(2)18(11)21)4-6-16(20)14-5-7-17(22-3)15(19)10-14/h4-10,21H,1-3H3/b6-4+. The topological polar surface area (TPSA) is 46.5 Å². The molecule has 22 heavy (non-hydrogen) atoms. The first-order chi connectivity index (χ1) is 10.4. The molecule has 4 heteroatoms. The number of allylic oxidation sites excluding steroid dienone is 1. The lowest BCUT2D eigenvalue weighted by molar-refractivity contribution is 0.104. The average molecular weight is 300 g/mol. The van der Waals surface area contributed by atoms with Crippen molar-refractivity contribution in [3.8, 4) is 11.5 Å². The van der Waals surface area contributed by atoms with Crippen LogP contribution in [0.4, 0.5) is 4.39 Å². The quantitative estimate of drug-likeness (QED) is 0.684. The third-order valence-corrected chi connectivity index (χ3v) is 3.38. The number of halogens is 1. The molecule has 3 nitrogen and oxygen atoms in total. The lowest BCUT2D eigenvalue weighted by Crippen LogP contribution is -1.97. The van der Waals surface area contributed by atoms with Crippen LogP contribution in [0.5, 0.6) is 11.5 Å². The largest absolute Gasteiger partial charge is 0.507 e. The van der Waals surface area contributed by atoms with Gasteiger partial charge in [-0.25, -0.2) is 4.39 Å². The molecule has 0 atom stereocenters. The Bertz CT molecular complexity index is 725. The first-order valence-electron chi connectivity index (χ1n) is 6.78. The van der Waals surface area contributed by atoms with E-state index >= 15 is 0 Å². The predicted molar refractivity (Wildman–Crippen MR) is 83.9 cm³/mol. The number of aromatic hydroxyl groups is 1. The van der Waals surface area contributed by atoms with Crippen LogP contribution < -0.4 is 4.74 Å². The molecule has 0 radical (unpaired) electrons. The molecule has 114 valence electrons. The van der Waals surface area contributed by atoms with Crippen molar-refractivity contribution in [3.05, 3.63) is 64.5 Å². The summed E-state index contributed by atoms with van der Waals surface area (Å²) < 4.78 is 18.4. The van der Waals surface area contributed by atoms with Crippen LogP contribution in [0.2, 0.25) is 0 Å². The molecule has 0 fully saturated rings. The van der Waals surface area contributed by atoms with Gasteiger partial charge in [-0.3, -0.25) is 4.79 Å². The van der Waals surface area contributed by atoms with E-state index in [0.29, 0.717) is 0 Å². The minimum atomic E-state index is -0.571. The van der Waals surface area contributed by atoms with Gasteiger partial charge >= 0.3 is 0 Å². The Morgan fingerprint density at radius 2 is 1.82 bits per heavy atom. The molecule has 0 aliphatic rings. The van der Waals surface area contributed by atoms with Crippen LogP contribution >= 0.6 is 0 Å². The second-order valence-corrected chi connectivity index (χ2v) is 5.05. The number of phenols is 1. The summed E-state index contributed by atoms with van der Waals surface area (Å²) in [5, 5.41) is 9.72. The van der Waals surface area contributed by atoms with Crippen LogP contribution in [0.25, 0.3) is 6.08 Å². The molecular weight excluding hydrogens is 283 g/mol. The predicted octanol–water partition coefficient (Wildman–Crippen LogP) is 4.05. The fourth-order valence-electron chi connectivity index (χ4n) is 2.17. The zero-order chi connectivity index (χ0) is 16.3. The van der Waals surface area contributed by atoms with Gasteiger partial charge in [0, 0.05) is 5.56 Å². The van der Waals surface area contributed by atoms with E-state index in [-0.39, 0.29) is 22.8 Å². The van der Waals surface area contributed by atoms with Gasteiger partial charge in [-0.15, -0.1) is 0 Å². The number of carbonyl (C=O) groups excluding carboxylic acids is 1. The molecule has 0 unspecified atom stereocenters. The number of hydrogen-bond acceptors (Lipinski definition) is 3. The highest BCUT2D eigenvalue weighted by Crippen LogP contribution is 2.24. The number of hydrogen-bond donors (Lipinski definition) is 1. The van der Waals surface area contributed by atoms with Crippen molar-refractivity contribution < 1.29 is 19.0 Å². The molecule has 0 heterocycles. The van der Waals surface area contributed by atoms with Gasteiger partial charge in [-0.2, -0.15) is 0 Å². The van der Waals surface area contributed by atoms with Crippen molar-refractivity contribution >= 4 is 11.9 Å². The molecule has 0 aliphatic carbocycles. The van der Waals surface area contributed by atoms with E-state index in [1.54, 1.807) is 32.1 Å². The maximum Gasteiger partial charge on any atom is 0.185 e.